The Bertz CT molecular complexity index is 852. The van der Waals surface area contributed by atoms with Crippen LogP contribution in [0.25, 0.3) is 0 Å². The van der Waals surface area contributed by atoms with Crippen LogP contribution in [-0.4, -0.2) is 23.1 Å². The highest BCUT2D eigenvalue weighted by atomic mass is 19.1. The van der Waals surface area contributed by atoms with Crippen molar-refractivity contribution in [2.24, 2.45) is 0 Å². The number of nitrogens with zero attached hydrogens (tertiary/aromatic N) is 2. The van der Waals surface area contributed by atoms with Crippen molar-refractivity contribution in [3.05, 3.63) is 83.3 Å². The monoisotopic (exact) mass is 364 g/mol. The molecule has 0 aliphatic carbocycles. The molecule has 0 spiro atoms. The molecular formula is C22H25FN4. The molecule has 0 saturated heterocycles. The third kappa shape index (κ3) is 6.06. The lowest BCUT2D eigenvalue weighted by Gasteiger charge is -2.10. The molecule has 1 heterocycles. The zero-order valence-corrected chi connectivity index (χ0v) is 15.6. The number of aryl methyl sites for hydroxylation is 2. The number of hydrogen-bond acceptors (Lipinski definition) is 4. The molecule has 0 bridgehead atoms. The molecule has 0 aliphatic heterocycles. The van der Waals surface area contributed by atoms with Gasteiger partial charge in [-0.3, -0.25) is 0 Å². The largest absolute Gasteiger partial charge is 0.370 e. The van der Waals surface area contributed by atoms with Gasteiger partial charge >= 0.3 is 0 Å². The molecule has 2 N–H and O–H groups in total. The van der Waals surface area contributed by atoms with Gasteiger partial charge in [-0.1, -0.05) is 48.5 Å². The van der Waals surface area contributed by atoms with Crippen LogP contribution in [0.2, 0.25) is 0 Å². The van der Waals surface area contributed by atoms with E-state index in [2.05, 4.69) is 44.9 Å². The maximum atomic E-state index is 13.7. The highest BCUT2D eigenvalue weighted by Crippen LogP contribution is 2.12. The summed E-state index contributed by atoms with van der Waals surface area (Å²) in [5, 5.41) is 6.55. The van der Waals surface area contributed by atoms with Gasteiger partial charge in [-0.25, -0.2) is 9.37 Å². The van der Waals surface area contributed by atoms with Crippen LogP contribution in [0, 0.1) is 12.7 Å². The summed E-state index contributed by atoms with van der Waals surface area (Å²) in [7, 11) is 0. The first-order valence-corrected chi connectivity index (χ1v) is 9.31. The molecule has 0 atom stereocenters. The van der Waals surface area contributed by atoms with Crippen molar-refractivity contribution in [2.45, 2.75) is 26.2 Å². The Morgan fingerprint density at radius 3 is 2.44 bits per heavy atom. The Morgan fingerprint density at radius 1 is 0.852 bits per heavy atom. The summed E-state index contributed by atoms with van der Waals surface area (Å²) in [6.07, 6.45) is 2.64. The predicted octanol–water partition coefficient (Wildman–Crippen LogP) is 4.62. The number of nitrogens with one attached hydrogen (secondary N) is 2. The number of anilines is 2. The summed E-state index contributed by atoms with van der Waals surface area (Å²) in [4.78, 5) is 8.94. The van der Waals surface area contributed by atoms with E-state index in [0.717, 1.165) is 30.9 Å². The molecule has 2 aromatic carbocycles. The van der Waals surface area contributed by atoms with Crippen molar-refractivity contribution >= 4 is 11.8 Å². The summed E-state index contributed by atoms with van der Waals surface area (Å²) in [6, 6.07) is 19.2. The average molecular weight is 364 g/mol. The maximum Gasteiger partial charge on any atom is 0.224 e. The van der Waals surface area contributed by atoms with Gasteiger partial charge in [-0.2, -0.15) is 4.98 Å². The van der Waals surface area contributed by atoms with Gasteiger partial charge in [0.05, 0.1) is 0 Å². The van der Waals surface area contributed by atoms with Gasteiger partial charge in [-0.15, -0.1) is 0 Å². The molecule has 0 radical (unpaired) electrons. The van der Waals surface area contributed by atoms with Gasteiger partial charge in [0.2, 0.25) is 5.95 Å². The highest BCUT2D eigenvalue weighted by Gasteiger charge is 2.04. The Balaban J connectivity index is 1.47. The van der Waals surface area contributed by atoms with E-state index < -0.39 is 0 Å². The summed E-state index contributed by atoms with van der Waals surface area (Å²) >= 11 is 0. The third-order valence-electron chi connectivity index (χ3n) is 4.28. The van der Waals surface area contributed by atoms with E-state index in [-0.39, 0.29) is 5.82 Å². The first-order valence-electron chi connectivity index (χ1n) is 9.31. The Labute approximate surface area is 159 Å². The van der Waals surface area contributed by atoms with Gasteiger partial charge in [0.1, 0.15) is 11.6 Å². The molecule has 3 aromatic rings. The van der Waals surface area contributed by atoms with Crippen LogP contribution < -0.4 is 10.6 Å². The Hall–Kier alpha value is -2.95. The maximum absolute atomic E-state index is 13.7. The lowest BCUT2D eigenvalue weighted by atomic mass is 10.1. The summed E-state index contributed by atoms with van der Waals surface area (Å²) in [6.45, 7) is 3.37. The number of hydrogen-bond donors (Lipinski definition) is 2. The molecule has 1 aromatic heterocycles. The molecular weight excluding hydrogens is 339 g/mol. The van der Waals surface area contributed by atoms with Crippen molar-refractivity contribution in [3.63, 3.8) is 0 Å². The molecule has 3 rings (SSSR count). The van der Waals surface area contributed by atoms with Crippen molar-refractivity contribution in [2.75, 3.05) is 23.7 Å². The van der Waals surface area contributed by atoms with Crippen molar-refractivity contribution in [3.8, 4) is 0 Å². The van der Waals surface area contributed by atoms with Gasteiger partial charge in [0.25, 0.3) is 0 Å². The smallest absolute Gasteiger partial charge is 0.224 e. The standard InChI is InChI=1S/C22H25FN4/c1-17-16-21(24-15-13-19-11-5-6-12-20(19)23)27-22(26-17)25-14-7-10-18-8-3-2-4-9-18/h2-6,8-9,11-12,16H,7,10,13-15H2,1H3,(H2,24,25,26,27). The fraction of sp³-hybridized carbons (Fsp3) is 0.273. The minimum Gasteiger partial charge on any atom is -0.370 e. The third-order valence-corrected chi connectivity index (χ3v) is 4.28. The van der Waals surface area contributed by atoms with Crippen LogP contribution in [-0.2, 0) is 12.8 Å². The molecule has 0 fully saturated rings. The van der Waals surface area contributed by atoms with Gasteiger partial charge < -0.3 is 10.6 Å². The normalized spacial score (nSPS) is 10.6. The van der Waals surface area contributed by atoms with Crippen LogP contribution in [0.3, 0.4) is 0 Å². The number of rotatable bonds is 9. The highest BCUT2D eigenvalue weighted by molar-refractivity contribution is 5.42. The van der Waals surface area contributed by atoms with Crippen molar-refractivity contribution in [1.29, 1.82) is 0 Å². The van der Waals surface area contributed by atoms with E-state index in [1.165, 1.54) is 11.6 Å². The molecule has 140 valence electrons. The molecule has 0 aliphatic rings. The summed E-state index contributed by atoms with van der Waals surface area (Å²) in [5.74, 6) is 1.21. The van der Waals surface area contributed by atoms with E-state index in [1.807, 2.05) is 31.2 Å². The minimum absolute atomic E-state index is 0.168. The topological polar surface area (TPSA) is 49.8 Å². The first-order chi connectivity index (χ1) is 13.2. The van der Waals surface area contributed by atoms with Crippen LogP contribution in [0.15, 0.2) is 60.7 Å². The molecule has 0 saturated carbocycles. The van der Waals surface area contributed by atoms with Gasteiger partial charge in [0, 0.05) is 24.8 Å². The van der Waals surface area contributed by atoms with E-state index >= 15 is 0 Å². The van der Waals surface area contributed by atoms with Crippen LogP contribution >= 0.6 is 0 Å². The first kappa shape index (κ1) is 18.8. The fourth-order valence-corrected chi connectivity index (χ4v) is 2.90. The number of benzene rings is 2. The lowest BCUT2D eigenvalue weighted by Crippen LogP contribution is -2.11. The number of aromatic nitrogens is 2. The second-order valence-electron chi connectivity index (χ2n) is 6.50. The predicted molar refractivity (Wildman–Crippen MR) is 109 cm³/mol. The van der Waals surface area contributed by atoms with E-state index in [1.54, 1.807) is 6.07 Å². The Kier molecular flexibility index (Phi) is 6.74. The summed E-state index contributed by atoms with van der Waals surface area (Å²) in [5.41, 5.74) is 2.93. The van der Waals surface area contributed by atoms with Gasteiger partial charge in [-0.05, 0) is 43.4 Å². The molecule has 5 heteroatoms. The Morgan fingerprint density at radius 2 is 1.63 bits per heavy atom. The molecule has 27 heavy (non-hydrogen) atoms. The zero-order valence-electron chi connectivity index (χ0n) is 15.6. The van der Waals surface area contributed by atoms with E-state index in [0.29, 0.717) is 24.5 Å². The quantitative estimate of drug-likeness (QED) is 0.544. The lowest BCUT2D eigenvalue weighted by molar-refractivity contribution is 0.610. The fourth-order valence-electron chi connectivity index (χ4n) is 2.90. The van der Waals surface area contributed by atoms with E-state index in [4.69, 9.17) is 0 Å². The number of halogens is 1. The molecule has 4 nitrogen and oxygen atoms in total. The summed E-state index contributed by atoms with van der Waals surface area (Å²) < 4.78 is 13.7. The second kappa shape index (κ2) is 9.67. The average Bonchev–Trinajstić information content (AvgIpc) is 2.67. The van der Waals surface area contributed by atoms with Crippen molar-refractivity contribution in [1.82, 2.24) is 9.97 Å². The molecule has 0 unspecified atom stereocenters. The minimum atomic E-state index is -0.168. The zero-order chi connectivity index (χ0) is 18.9. The van der Waals surface area contributed by atoms with Crippen LogP contribution in [0.5, 0.6) is 0 Å². The van der Waals surface area contributed by atoms with Gasteiger partial charge in [0.15, 0.2) is 0 Å². The van der Waals surface area contributed by atoms with Crippen LogP contribution in [0.1, 0.15) is 23.2 Å². The van der Waals surface area contributed by atoms with Crippen molar-refractivity contribution < 1.29 is 4.39 Å². The SMILES string of the molecule is Cc1cc(NCCc2ccccc2F)nc(NCCCc2ccccc2)n1. The van der Waals surface area contributed by atoms with Crippen LogP contribution in [0.4, 0.5) is 16.2 Å². The second-order valence-corrected chi connectivity index (χ2v) is 6.50. The molecule has 0 amide bonds. The van der Waals surface area contributed by atoms with E-state index in [9.17, 15) is 4.39 Å².